The molecule has 222 valence electrons. The third-order valence-electron chi connectivity index (χ3n) is 8.91. The van der Waals surface area contributed by atoms with Gasteiger partial charge in [0.1, 0.15) is 5.82 Å². The average molecular weight is 597 g/mol. The molecule has 7 rings (SSSR count). The monoisotopic (exact) mass is 596 g/mol. The third-order valence-corrected chi connectivity index (χ3v) is 9.75. The number of H-pyrrole nitrogens is 1. The summed E-state index contributed by atoms with van der Waals surface area (Å²) in [5.41, 5.74) is 5.19. The van der Waals surface area contributed by atoms with Crippen LogP contribution in [0.1, 0.15) is 74.8 Å². The van der Waals surface area contributed by atoms with Crippen LogP contribution in [0.25, 0.3) is 10.8 Å². The molecule has 2 aliphatic carbocycles. The lowest BCUT2D eigenvalue weighted by atomic mass is 9.75. The van der Waals surface area contributed by atoms with E-state index in [-0.39, 0.29) is 11.5 Å². The van der Waals surface area contributed by atoms with Crippen LogP contribution in [0.3, 0.4) is 0 Å². The van der Waals surface area contributed by atoms with Crippen molar-refractivity contribution < 1.29 is 9.47 Å². The van der Waals surface area contributed by atoms with Crippen LogP contribution in [0.4, 0.5) is 16.6 Å². The van der Waals surface area contributed by atoms with Crippen LogP contribution in [0.2, 0.25) is 0 Å². The van der Waals surface area contributed by atoms with Crippen molar-refractivity contribution in [1.82, 2.24) is 20.2 Å². The zero-order valence-electron chi connectivity index (χ0n) is 24.6. The normalized spacial score (nSPS) is 18.7. The Kier molecular flexibility index (Phi) is 7.61. The molecule has 2 aromatic carbocycles. The van der Waals surface area contributed by atoms with Gasteiger partial charge in [0.15, 0.2) is 22.3 Å². The Morgan fingerprint density at radius 2 is 1.72 bits per heavy atom. The molecule has 3 aliphatic rings. The number of fused-ring (bicyclic) bond motifs is 1. The van der Waals surface area contributed by atoms with Gasteiger partial charge in [-0.25, -0.2) is 4.98 Å². The lowest BCUT2D eigenvalue weighted by molar-refractivity contribution is 0.354. The van der Waals surface area contributed by atoms with E-state index < -0.39 is 0 Å². The third kappa shape index (κ3) is 5.18. The molecular formula is C33H36N6O3S. The van der Waals surface area contributed by atoms with Gasteiger partial charge in [-0.05, 0) is 73.9 Å². The first kappa shape index (κ1) is 27.6. The molecule has 0 spiro atoms. The fraction of sp³-hybridized carbons (Fsp3) is 0.394. The van der Waals surface area contributed by atoms with E-state index in [0.717, 1.165) is 55.6 Å². The second-order valence-electron chi connectivity index (χ2n) is 11.4. The zero-order chi connectivity index (χ0) is 29.3. The number of hydrogen-bond donors (Lipinski definition) is 2. The first-order valence-corrected chi connectivity index (χ1v) is 16.0. The van der Waals surface area contributed by atoms with E-state index in [2.05, 4.69) is 31.5 Å². The number of anilines is 3. The molecular weight excluding hydrogens is 560 g/mol. The minimum atomic E-state index is -0.208. The van der Waals surface area contributed by atoms with Gasteiger partial charge in [0.2, 0.25) is 5.13 Å². The zero-order valence-corrected chi connectivity index (χ0v) is 25.4. The highest BCUT2D eigenvalue weighted by molar-refractivity contribution is 7.18. The Morgan fingerprint density at radius 1 is 0.930 bits per heavy atom. The average Bonchev–Trinajstić information content (AvgIpc) is 3.52. The second kappa shape index (κ2) is 11.8. The molecule has 1 atom stereocenters. The number of benzene rings is 2. The second-order valence-corrected chi connectivity index (χ2v) is 12.4. The maximum atomic E-state index is 14.3. The van der Waals surface area contributed by atoms with Crippen molar-refractivity contribution in [3.8, 4) is 22.3 Å². The quantitative estimate of drug-likeness (QED) is 0.232. The van der Waals surface area contributed by atoms with E-state index in [4.69, 9.17) is 14.5 Å². The lowest BCUT2D eigenvalue weighted by Crippen LogP contribution is -2.43. The van der Waals surface area contributed by atoms with Gasteiger partial charge in [-0.3, -0.25) is 4.79 Å². The predicted octanol–water partition coefficient (Wildman–Crippen LogP) is 7.16. The predicted molar refractivity (Wildman–Crippen MR) is 170 cm³/mol. The maximum absolute atomic E-state index is 14.3. The highest BCUT2D eigenvalue weighted by Gasteiger charge is 2.41. The first-order valence-electron chi connectivity index (χ1n) is 15.2. The first-order chi connectivity index (χ1) is 21.1. The summed E-state index contributed by atoms with van der Waals surface area (Å²) in [5.74, 6) is 2.33. The topological polar surface area (TPSA) is 105 Å². The molecule has 0 radical (unpaired) electrons. The van der Waals surface area contributed by atoms with E-state index in [9.17, 15) is 4.79 Å². The number of methoxy groups -OCH3 is 2. The molecule has 1 saturated carbocycles. The highest BCUT2D eigenvalue weighted by atomic mass is 32.1. The SMILES string of the molecule is COc1ccc(C2C3=C(CCCC3)N(C3CCCCC3)c3nc(-c4nnc(Nc5ccccc5)s4)[nH]c(=O)c32)cc1OC. The number of aromatic nitrogens is 4. The fourth-order valence-corrected chi connectivity index (χ4v) is 7.67. The number of allylic oxidation sites excluding steroid dienone is 2. The molecule has 1 aliphatic heterocycles. The van der Waals surface area contributed by atoms with Gasteiger partial charge >= 0.3 is 0 Å². The van der Waals surface area contributed by atoms with E-state index in [0.29, 0.717) is 39.1 Å². The molecule has 2 N–H and O–H groups in total. The van der Waals surface area contributed by atoms with Crippen molar-refractivity contribution in [3.05, 3.63) is 81.3 Å². The largest absolute Gasteiger partial charge is 0.493 e. The molecule has 1 unspecified atom stereocenters. The summed E-state index contributed by atoms with van der Waals surface area (Å²) in [7, 11) is 3.29. The van der Waals surface area contributed by atoms with Crippen molar-refractivity contribution >= 4 is 28.0 Å². The molecule has 1 fully saturated rings. The highest BCUT2D eigenvalue weighted by Crippen LogP contribution is 2.50. The maximum Gasteiger partial charge on any atom is 0.257 e. The van der Waals surface area contributed by atoms with Gasteiger partial charge in [-0.2, -0.15) is 0 Å². The number of aromatic amines is 1. The van der Waals surface area contributed by atoms with Crippen molar-refractivity contribution in [2.24, 2.45) is 0 Å². The lowest BCUT2D eigenvalue weighted by Gasteiger charge is -2.45. The van der Waals surface area contributed by atoms with Crippen molar-refractivity contribution in [2.75, 3.05) is 24.4 Å². The Morgan fingerprint density at radius 3 is 2.51 bits per heavy atom. The number of hydrogen-bond acceptors (Lipinski definition) is 9. The minimum Gasteiger partial charge on any atom is -0.493 e. The van der Waals surface area contributed by atoms with Crippen LogP contribution >= 0.6 is 11.3 Å². The number of para-hydroxylation sites is 1. The summed E-state index contributed by atoms with van der Waals surface area (Å²) in [4.78, 5) is 25.0. The number of rotatable bonds is 7. The Hall–Kier alpha value is -4.18. The molecule has 0 amide bonds. The van der Waals surface area contributed by atoms with Crippen LogP contribution in [-0.2, 0) is 0 Å². The number of nitrogens with zero attached hydrogens (tertiary/aromatic N) is 4. The van der Waals surface area contributed by atoms with E-state index >= 15 is 0 Å². The summed E-state index contributed by atoms with van der Waals surface area (Å²) in [6, 6.07) is 16.2. The van der Waals surface area contributed by atoms with E-state index in [1.807, 2.05) is 42.5 Å². The smallest absolute Gasteiger partial charge is 0.257 e. The van der Waals surface area contributed by atoms with Crippen LogP contribution < -0.4 is 25.2 Å². The van der Waals surface area contributed by atoms with E-state index in [1.165, 1.54) is 41.9 Å². The van der Waals surface area contributed by atoms with Crippen molar-refractivity contribution in [3.63, 3.8) is 0 Å². The van der Waals surface area contributed by atoms with Crippen LogP contribution in [-0.4, -0.2) is 40.4 Å². The van der Waals surface area contributed by atoms with Gasteiger partial charge in [-0.15, -0.1) is 10.2 Å². The van der Waals surface area contributed by atoms with Crippen LogP contribution in [0.15, 0.2) is 64.6 Å². The Labute approximate surface area is 255 Å². The van der Waals surface area contributed by atoms with Gasteiger partial charge in [0.05, 0.1) is 19.8 Å². The van der Waals surface area contributed by atoms with Gasteiger partial charge in [-0.1, -0.05) is 54.9 Å². The minimum absolute atomic E-state index is 0.134. The van der Waals surface area contributed by atoms with Crippen LogP contribution in [0, 0.1) is 0 Å². The molecule has 0 bridgehead atoms. The summed E-state index contributed by atoms with van der Waals surface area (Å²) < 4.78 is 11.2. The fourth-order valence-electron chi connectivity index (χ4n) is 6.96. The molecule has 43 heavy (non-hydrogen) atoms. The molecule has 10 heteroatoms. The van der Waals surface area contributed by atoms with Crippen LogP contribution in [0.5, 0.6) is 11.5 Å². The molecule has 4 aromatic rings. The molecule has 3 heterocycles. The van der Waals surface area contributed by atoms with Gasteiger partial charge in [0, 0.05) is 23.3 Å². The number of nitrogens with one attached hydrogen (secondary N) is 2. The summed E-state index contributed by atoms with van der Waals surface area (Å²) >= 11 is 1.38. The molecule has 2 aromatic heterocycles. The van der Waals surface area contributed by atoms with Crippen molar-refractivity contribution in [1.29, 1.82) is 0 Å². The summed E-state index contributed by atoms with van der Waals surface area (Å²) in [6.45, 7) is 0. The standard InChI is InChI=1S/C33H36N6O3S/c1-41-25-18-17-20(19-26(25)42-2)27-23-15-9-10-16-24(23)39(22-13-7-4-8-14-22)30-28(27)31(40)36-29(35-30)32-37-38-33(43-32)34-21-11-5-3-6-12-21/h3,5-6,11-12,17-19,22,27H,4,7-10,13-16H2,1-2H3,(H,34,38)(H,35,36,40). The Bertz CT molecular complexity index is 1710. The molecule has 9 nitrogen and oxygen atoms in total. The van der Waals surface area contributed by atoms with E-state index in [1.54, 1.807) is 14.2 Å². The Balaban J connectivity index is 1.38. The number of ether oxygens (including phenoxy) is 2. The van der Waals surface area contributed by atoms with Gasteiger partial charge in [0.25, 0.3) is 5.56 Å². The van der Waals surface area contributed by atoms with Crippen molar-refractivity contribution in [2.45, 2.75) is 69.7 Å². The van der Waals surface area contributed by atoms with Gasteiger partial charge < -0.3 is 24.7 Å². The summed E-state index contributed by atoms with van der Waals surface area (Å²) in [5, 5.41) is 13.3. The summed E-state index contributed by atoms with van der Waals surface area (Å²) in [6.07, 6.45) is 10.0. The molecule has 0 saturated heterocycles.